The van der Waals surface area contributed by atoms with Crippen molar-refractivity contribution in [2.45, 2.75) is 44.9 Å². The number of H-pyrrole nitrogens is 1. The first kappa shape index (κ1) is 18.6. The monoisotopic (exact) mass is 410 g/mol. The number of aryl methyl sites for hydroxylation is 1. The largest absolute Gasteiger partial charge is 0.339 e. The predicted molar refractivity (Wildman–Crippen MR) is 123 cm³/mol. The smallest absolute Gasteiger partial charge is 0.253 e. The van der Waals surface area contributed by atoms with Crippen LogP contribution >= 0.6 is 0 Å². The van der Waals surface area contributed by atoms with E-state index < -0.39 is 0 Å². The van der Waals surface area contributed by atoms with Crippen molar-refractivity contribution < 1.29 is 4.79 Å². The van der Waals surface area contributed by atoms with Crippen molar-refractivity contribution in [1.29, 1.82) is 0 Å². The molecule has 1 aliphatic heterocycles. The van der Waals surface area contributed by atoms with Crippen LogP contribution in [0.25, 0.3) is 33.1 Å². The van der Waals surface area contributed by atoms with Crippen molar-refractivity contribution in [3.05, 3.63) is 59.3 Å². The molecule has 0 saturated carbocycles. The molecular formula is C26H26N4O. The molecule has 0 unspecified atom stereocenters. The average Bonchev–Trinajstić information content (AvgIpc) is 3.33. The fourth-order valence-corrected chi connectivity index (χ4v) is 5.34. The highest BCUT2D eigenvalue weighted by molar-refractivity contribution is 6.07. The minimum absolute atomic E-state index is 0.155. The van der Waals surface area contributed by atoms with Crippen LogP contribution in [-0.2, 0) is 12.8 Å². The number of amides is 1. The van der Waals surface area contributed by atoms with Gasteiger partial charge in [0, 0.05) is 35.0 Å². The van der Waals surface area contributed by atoms with E-state index in [0.717, 1.165) is 72.0 Å². The van der Waals surface area contributed by atoms with E-state index in [2.05, 4.69) is 34.5 Å². The van der Waals surface area contributed by atoms with E-state index in [0.29, 0.717) is 0 Å². The minimum atomic E-state index is 0.155. The number of fused-ring (bicyclic) bond motifs is 5. The molecular weight excluding hydrogens is 384 g/mol. The third kappa shape index (κ3) is 3.11. The van der Waals surface area contributed by atoms with Crippen LogP contribution in [0.3, 0.4) is 0 Å². The summed E-state index contributed by atoms with van der Waals surface area (Å²) in [5, 5.41) is 9.77. The van der Waals surface area contributed by atoms with Crippen molar-refractivity contribution >= 4 is 27.7 Å². The van der Waals surface area contributed by atoms with Crippen LogP contribution in [0, 0.1) is 0 Å². The Morgan fingerprint density at radius 3 is 2.45 bits per heavy atom. The molecule has 0 bridgehead atoms. The summed E-state index contributed by atoms with van der Waals surface area (Å²) in [7, 11) is 0. The molecule has 3 heterocycles. The third-order valence-electron chi connectivity index (χ3n) is 6.94. The van der Waals surface area contributed by atoms with Crippen LogP contribution in [0.15, 0.2) is 42.6 Å². The van der Waals surface area contributed by atoms with Crippen molar-refractivity contribution in [2.75, 3.05) is 13.1 Å². The van der Waals surface area contributed by atoms with Gasteiger partial charge in [-0.1, -0.05) is 12.1 Å². The zero-order chi connectivity index (χ0) is 20.8. The Hall–Kier alpha value is -3.21. The molecule has 156 valence electrons. The number of carbonyl (C=O) groups excluding carboxylic acids is 1. The Morgan fingerprint density at radius 1 is 0.871 bits per heavy atom. The first-order chi connectivity index (χ1) is 15.3. The van der Waals surface area contributed by atoms with Crippen LogP contribution in [0.5, 0.6) is 0 Å². The Kier molecular flexibility index (Phi) is 4.48. The van der Waals surface area contributed by atoms with E-state index in [1.165, 1.54) is 35.8 Å². The van der Waals surface area contributed by atoms with Crippen LogP contribution in [0.2, 0.25) is 0 Å². The maximum atomic E-state index is 12.9. The van der Waals surface area contributed by atoms with Gasteiger partial charge in [-0.3, -0.25) is 9.89 Å². The second-order valence-electron chi connectivity index (χ2n) is 8.85. The highest BCUT2D eigenvalue weighted by Gasteiger charge is 2.22. The summed E-state index contributed by atoms with van der Waals surface area (Å²) in [6.45, 7) is 1.76. The van der Waals surface area contributed by atoms with Gasteiger partial charge in [0.2, 0.25) is 0 Å². The molecule has 5 heteroatoms. The van der Waals surface area contributed by atoms with Crippen LogP contribution < -0.4 is 0 Å². The highest BCUT2D eigenvalue weighted by Crippen LogP contribution is 2.37. The molecule has 0 radical (unpaired) electrons. The van der Waals surface area contributed by atoms with Gasteiger partial charge < -0.3 is 4.90 Å². The van der Waals surface area contributed by atoms with Gasteiger partial charge in [-0.2, -0.15) is 5.10 Å². The number of pyridine rings is 1. The summed E-state index contributed by atoms with van der Waals surface area (Å²) in [4.78, 5) is 20.0. The lowest BCUT2D eigenvalue weighted by Gasteiger charge is -2.26. The molecule has 1 N–H and O–H groups in total. The van der Waals surface area contributed by atoms with Crippen molar-refractivity contribution in [3.8, 4) is 11.3 Å². The van der Waals surface area contributed by atoms with Gasteiger partial charge in [0.25, 0.3) is 5.91 Å². The summed E-state index contributed by atoms with van der Waals surface area (Å²) in [5.41, 5.74) is 7.83. The number of carbonyl (C=O) groups is 1. The number of nitrogens with one attached hydrogen (secondary N) is 1. The van der Waals surface area contributed by atoms with E-state index in [-0.39, 0.29) is 5.91 Å². The van der Waals surface area contributed by atoms with Gasteiger partial charge in [-0.15, -0.1) is 0 Å². The molecule has 6 rings (SSSR count). The standard InChI is InChI=1S/C26H26N4O/c31-26(30-14-4-1-5-15-30)18-10-8-17(9-11-18)25-20-7-3-2-6-19(20)24-21-16-27-29-22(21)12-13-23(24)28-25/h8-13,16H,1-7,14-15H2,(H,27,29). The third-order valence-corrected chi connectivity index (χ3v) is 6.94. The molecule has 2 aromatic carbocycles. The Labute approximate surface area is 181 Å². The minimum Gasteiger partial charge on any atom is -0.339 e. The molecule has 0 atom stereocenters. The summed E-state index contributed by atoms with van der Waals surface area (Å²) in [6, 6.07) is 12.3. The second-order valence-corrected chi connectivity index (χ2v) is 8.85. The molecule has 5 nitrogen and oxygen atoms in total. The Bertz CT molecular complexity index is 1280. The van der Waals surface area contributed by atoms with Crippen molar-refractivity contribution in [1.82, 2.24) is 20.1 Å². The van der Waals surface area contributed by atoms with Gasteiger partial charge in [-0.05, 0) is 80.3 Å². The average molecular weight is 411 g/mol. The molecule has 2 aromatic heterocycles. The summed E-state index contributed by atoms with van der Waals surface area (Å²) < 4.78 is 0. The number of aromatic nitrogens is 3. The SMILES string of the molecule is O=C(c1ccc(-c2nc3ccc4[nH]ncc4c3c3c2CCCC3)cc1)N1CCCCC1. The molecule has 1 amide bonds. The molecule has 1 aliphatic carbocycles. The zero-order valence-electron chi connectivity index (χ0n) is 17.7. The number of rotatable bonds is 2. The lowest BCUT2D eigenvalue weighted by Crippen LogP contribution is -2.35. The van der Waals surface area contributed by atoms with Gasteiger partial charge in [0.05, 0.1) is 22.9 Å². The molecule has 0 spiro atoms. The first-order valence-corrected chi connectivity index (χ1v) is 11.5. The Morgan fingerprint density at radius 2 is 1.65 bits per heavy atom. The molecule has 2 aliphatic rings. The number of piperidine rings is 1. The van der Waals surface area contributed by atoms with Gasteiger partial charge in [0.15, 0.2) is 0 Å². The predicted octanol–water partition coefficient (Wildman–Crippen LogP) is 5.28. The maximum Gasteiger partial charge on any atom is 0.253 e. The van der Waals surface area contributed by atoms with Crippen LogP contribution in [0.1, 0.15) is 53.6 Å². The molecule has 1 saturated heterocycles. The van der Waals surface area contributed by atoms with E-state index >= 15 is 0 Å². The van der Waals surface area contributed by atoms with E-state index in [1.807, 2.05) is 23.2 Å². The van der Waals surface area contributed by atoms with Gasteiger partial charge in [-0.25, -0.2) is 4.98 Å². The zero-order valence-corrected chi connectivity index (χ0v) is 17.7. The summed E-state index contributed by atoms with van der Waals surface area (Å²) in [5.74, 6) is 0.155. The highest BCUT2D eigenvalue weighted by atomic mass is 16.2. The summed E-state index contributed by atoms with van der Waals surface area (Å²) >= 11 is 0. The van der Waals surface area contributed by atoms with Crippen LogP contribution in [-0.4, -0.2) is 39.1 Å². The van der Waals surface area contributed by atoms with Crippen LogP contribution in [0.4, 0.5) is 0 Å². The van der Waals surface area contributed by atoms with Gasteiger partial charge >= 0.3 is 0 Å². The van der Waals surface area contributed by atoms with E-state index in [4.69, 9.17) is 4.98 Å². The van der Waals surface area contributed by atoms with E-state index in [9.17, 15) is 4.79 Å². The maximum absolute atomic E-state index is 12.9. The first-order valence-electron chi connectivity index (χ1n) is 11.5. The van der Waals surface area contributed by atoms with Crippen molar-refractivity contribution in [3.63, 3.8) is 0 Å². The second kappa shape index (κ2) is 7.49. The quantitative estimate of drug-likeness (QED) is 0.489. The number of hydrogen-bond acceptors (Lipinski definition) is 3. The number of hydrogen-bond donors (Lipinski definition) is 1. The van der Waals surface area contributed by atoms with Gasteiger partial charge in [0.1, 0.15) is 0 Å². The normalized spacial score (nSPS) is 16.6. The van der Waals surface area contributed by atoms with Crippen molar-refractivity contribution in [2.24, 2.45) is 0 Å². The molecule has 1 fully saturated rings. The Balaban J connectivity index is 1.44. The lowest BCUT2D eigenvalue weighted by molar-refractivity contribution is 0.0724. The number of benzene rings is 2. The topological polar surface area (TPSA) is 61.9 Å². The summed E-state index contributed by atoms with van der Waals surface area (Å²) in [6.07, 6.45) is 9.92. The molecule has 4 aromatic rings. The number of likely N-dealkylation sites (tertiary alicyclic amines) is 1. The number of aromatic amines is 1. The fraction of sp³-hybridized carbons (Fsp3) is 0.346. The molecule has 31 heavy (non-hydrogen) atoms. The number of nitrogens with zero attached hydrogens (tertiary/aromatic N) is 3. The fourth-order valence-electron chi connectivity index (χ4n) is 5.34. The van der Waals surface area contributed by atoms with E-state index in [1.54, 1.807) is 0 Å². The lowest BCUT2D eigenvalue weighted by atomic mass is 9.85.